The van der Waals surface area contributed by atoms with Crippen LogP contribution in [-0.4, -0.2) is 35.8 Å². The van der Waals surface area contributed by atoms with Crippen LogP contribution in [-0.2, 0) is 24.8 Å². The van der Waals surface area contributed by atoms with Crippen LogP contribution in [0, 0.1) is 5.82 Å². The Bertz CT molecular complexity index is 1040. The van der Waals surface area contributed by atoms with Crippen molar-refractivity contribution in [3.05, 3.63) is 54.3 Å². The van der Waals surface area contributed by atoms with Gasteiger partial charge in [-0.15, -0.1) is 0 Å². The molecule has 0 aliphatic rings. The van der Waals surface area contributed by atoms with Gasteiger partial charge < -0.3 is 5.32 Å². The van der Waals surface area contributed by atoms with Crippen LogP contribution in [0.4, 0.5) is 10.1 Å². The minimum atomic E-state index is -3.85. The molecule has 0 saturated carbocycles. The second-order valence-electron chi connectivity index (χ2n) is 6.07. The second kappa shape index (κ2) is 9.92. The number of halogens is 1. The Labute approximate surface area is 169 Å². The summed E-state index contributed by atoms with van der Waals surface area (Å²) >= 11 is 0. The number of hydrogen-bond acceptors (Lipinski definition) is 5. The van der Waals surface area contributed by atoms with Gasteiger partial charge >= 0.3 is 0 Å². The standard InChI is InChI=1S/C18H22FN3O5S2/c1-2-12-20-28(24,25)17-9-5-15(6-10-17)22-18(23)11-13-21-29(26,27)16-7-3-14(19)4-8-16/h3-10,20-21H,2,11-13H2,1H3,(H,22,23). The Morgan fingerprint density at radius 1 is 0.828 bits per heavy atom. The minimum Gasteiger partial charge on any atom is -0.326 e. The fourth-order valence-electron chi connectivity index (χ4n) is 2.26. The van der Waals surface area contributed by atoms with Gasteiger partial charge in [-0.2, -0.15) is 0 Å². The van der Waals surface area contributed by atoms with Crippen molar-refractivity contribution in [2.24, 2.45) is 0 Å². The number of anilines is 1. The first-order valence-corrected chi connectivity index (χ1v) is 11.8. The summed E-state index contributed by atoms with van der Waals surface area (Å²) in [7, 11) is -7.44. The van der Waals surface area contributed by atoms with E-state index in [2.05, 4.69) is 14.8 Å². The highest BCUT2D eigenvalue weighted by Gasteiger charge is 2.15. The van der Waals surface area contributed by atoms with E-state index in [0.29, 0.717) is 18.7 Å². The molecule has 0 radical (unpaired) electrons. The molecule has 0 atom stereocenters. The van der Waals surface area contributed by atoms with E-state index in [9.17, 15) is 26.0 Å². The third-order valence-electron chi connectivity index (χ3n) is 3.76. The van der Waals surface area contributed by atoms with E-state index in [1.807, 2.05) is 6.92 Å². The molecule has 29 heavy (non-hydrogen) atoms. The molecule has 0 fully saturated rings. The zero-order chi connectivity index (χ0) is 21.5. The fraction of sp³-hybridized carbons (Fsp3) is 0.278. The molecule has 0 saturated heterocycles. The monoisotopic (exact) mass is 443 g/mol. The first-order valence-electron chi connectivity index (χ1n) is 8.79. The van der Waals surface area contributed by atoms with E-state index < -0.39 is 31.8 Å². The van der Waals surface area contributed by atoms with Crippen LogP contribution in [0.3, 0.4) is 0 Å². The van der Waals surface area contributed by atoms with Gasteiger partial charge in [0.1, 0.15) is 5.82 Å². The van der Waals surface area contributed by atoms with Crippen LogP contribution in [0.2, 0.25) is 0 Å². The topological polar surface area (TPSA) is 121 Å². The van der Waals surface area contributed by atoms with Crippen molar-refractivity contribution in [2.75, 3.05) is 18.4 Å². The largest absolute Gasteiger partial charge is 0.326 e. The minimum absolute atomic E-state index is 0.0796. The highest BCUT2D eigenvalue weighted by molar-refractivity contribution is 7.89. The van der Waals surface area contributed by atoms with E-state index in [1.165, 1.54) is 24.3 Å². The zero-order valence-electron chi connectivity index (χ0n) is 15.7. The van der Waals surface area contributed by atoms with Crippen LogP contribution in [0.5, 0.6) is 0 Å². The highest BCUT2D eigenvalue weighted by atomic mass is 32.2. The molecular weight excluding hydrogens is 421 g/mol. The number of rotatable bonds is 10. The van der Waals surface area contributed by atoms with E-state index in [0.717, 1.165) is 24.3 Å². The van der Waals surface area contributed by atoms with E-state index in [4.69, 9.17) is 0 Å². The highest BCUT2D eigenvalue weighted by Crippen LogP contribution is 2.14. The van der Waals surface area contributed by atoms with Crippen molar-refractivity contribution in [2.45, 2.75) is 29.6 Å². The molecule has 11 heteroatoms. The van der Waals surface area contributed by atoms with Crippen molar-refractivity contribution >= 4 is 31.6 Å². The molecule has 0 aromatic heterocycles. The molecule has 0 bridgehead atoms. The Morgan fingerprint density at radius 2 is 1.31 bits per heavy atom. The van der Waals surface area contributed by atoms with Gasteiger partial charge in [-0.1, -0.05) is 6.92 Å². The number of benzene rings is 2. The Morgan fingerprint density at radius 3 is 1.83 bits per heavy atom. The van der Waals surface area contributed by atoms with E-state index >= 15 is 0 Å². The summed E-state index contributed by atoms with van der Waals surface area (Å²) in [6.07, 6.45) is 0.525. The molecule has 158 valence electrons. The Kier molecular flexibility index (Phi) is 7.85. The van der Waals surface area contributed by atoms with Gasteiger partial charge in [-0.05, 0) is 55.0 Å². The first kappa shape index (κ1) is 22.9. The third-order valence-corrected chi connectivity index (χ3v) is 6.71. The maximum Gasteiger partial charge on any atom is 0.240 e. The normalized spacial score (nSPS) is 11.9. The number of nitrogens with one attached hydrogen (secondary N) is 3. The van der Waals surface area contributed by atoms with Crippen LogP contribution >= 0.6 is 0 Å². The quantitative estimate of drug-likeness (QED) is 0.517. The van der Waals surface area contributed by atoms with Crippen molar-refractivity contribution in [1.29, 1.82) is 0 Å². The maximum absolute atomic E-state index is 12.9. The number of carbonyl (C=O) groups excluding carboxylic acids is 1. The number of hydrogen-bond donors (Lipinski definition) is 3. The van der Waals surface area contributed by atoms with Crippen LogP contribution < -0.4 is 14.8 Å². The van der Waals surface area contributed by atoms with Crippen molar-refractivity contribution in [1.82, 2.24) is 9.44 Å². The molecule has 1 amide bonds. The van der Waals surface area contributed by atoms with Gasteiger partial charge in [0.15, 0.2) is 0 Å². The molecule has 2 rings (SSSR count). The predicted octanol–water partition coefficient (Wildman–Crippen LogP) is 1.82. The smallest absolute Gasteiger partial charge is 0.240 e. The summed E-state index contributed by atoms with van der Waals surface area (Å²) in [5.74, 6) is -1.00. The van der Waals surface area contributed by atoms with E-state index in [-0.39, 0.29) is 22.8 Å². The van der Waals surface area contributed by atoms with Gasteiger partial charge in [-0.25, -0.2) is 30.7 Å². The number of amides is 1. The molecule has 2 aromatic rings. The number of carbonyl (C=O) groups is 1. The fourth-order valence-corrected chi connectivity index (χ4v) is 4.42. The average molecular weight is 444 g/mol. The molecule has 2 aromatic carbocycles. The van der Waals surface area contributed by atoms with Crippen molar-refractivity contribution in [3.8, 4) is 0 Å². The van der Waals surface area contributed by atoms with Crippen molar-refractivity contribution in [3.63, 3.8) is 0 Å². The van der Waals surface area contributed by atoms with Gasteiger partial charge in [0.25, 0.3) is 0 Å². The van der Waals surface area contributed by atoms with Crippen LogP contribution in [0.1, 0.15) is 19.8 Å². The second-order valence-corrected chi connectivity index (χ2v) is 9.61. The summed E-state index contributed by atoms with van der Waals surface area (Å²) in [4.78, 5) is 12.0. The molecule has 8 nitrogen and oxygen atoms in total. The van der Waals surface area contributed by atoms with E-state index in [1.54, 1.807) is 0 Å². The Balaban J connectivity index is 1.87. The predicted molar refractivity (Wildman–Crippen MR) is 107 cm³/mol. The molecule has 0 unspecified atom stereocenters. The molecule has 0 aliphatic heterocycles. The summed E-state index contributed by atoms with van der Waals surface area (Å²) in [5.41, 5.74) is 0.380. The van der Waals surface area contributed by atoms with Gasteiger partial charge in [-0.3, -0.25) is 4.79 Å². The van der Waals surface area contributed by atoms with Gasteiger partial charge in [0.2, 0.25) is 26.0 Å². The third kappa shape index (κ3) is 6.89. The molecule has 3 N–H and O–H groups in total. The lowest BCUT2D eigenvalue weighted by atomic mass is 10.3. The molecular formula is C18H22FN3O5S2. The summed E-state index contributed by atoms with van der Waals surface area (Å²) < 4.78 is 65.7. The lowest BCUT2D eigenvalue weighted by Gasteiger charge is -2.09. The summed E-state index contributed by atoms with van der Waals surface area (Å²) in [6, 6.07) is 9.94. The lowest BCUT2D eigenvalue weighted by molar-refractivity contribution is -0.116. The molecule has 0 aliphatic carbocycles. The molecule has 0 heterocycles. The number of sulfonamides is 2. The average Bonchev–Trinajstić information content (AvgIpc) is 2.67. The zero-order valence-corrected chi connectivity index (χ0v) is 17.3. The van der Waals surface area contributed by atoms with Crippen LogP contribution in [0.15, 0.2) is 58.3 Å². The maximum atomic E-state index is 12.9. The van der Waals surface area contributed by atoms with Gasteiger partial charge in [0.05, 0.1) is 9.79 Å². The lowest BCUT2D eigenvalue weighted by Crippen LogP contribution is -2.28. The van der Waals surface area contributed by atoms with Gasteiger partial charge in [0, 0.05) is 25.2 Å². The summed E-state index contributed by atoms with van der Waals surface area (Å²) in [6.45, 7) is 2.02. The first-order chi connectivity index (χ1) is 13.6. The Hall–Kier alpha value is -2.34. The van der Waals surface area contributed by atoms with Crippen LogP contribution in [0.25, 0.3) is 0 Å². The van der Waals surface area contributed by atoms with Crippen molar-refractivity contribution < 1.29 is 26.0 Å². The summed E-state index contributed by atoms with van der Waals surface area (Å²) in [5, 5.41) is 2.56. The SMILES string of the molecule is CCCNS(=O)(=O)c1ccc(NC(=O)CCNS(=O)(=O)c2ccc(F)cc2)cc1. The molecule has 0 spiro atoms.